The van der Waals surface area contributed by atoms with Gasteiger partial charge in [0.05, 0.1) is 13.2 Å². The number of nitrogens with one attached hydrogen (secondary N) is 1. The molecular weight excluding hydrogens is 474 g/mol. The molecule has 2 aromatic rings. The van der Waals surface area contributed by atoms with Crippen LogP contribution in [0.5, 0.6) is 0 Å². The van der Waals surface area contributed by atoms with E-state index in [-0.39, 0.29) is 12.1 Å². The number of urea groups is 1. The summed E-state index contributed by atoms with van der Waals surface area (Å²) in [6, 6.07) is 7.99. The fraction of sp³-hybridized carbons (Fsp3) is 0.679. The number of aliphatic hydroxyl groups is 1. The third-order valence-corrected chi connectivity index (χ3v) is 8.83. The van der Waals surface area contributed by atoms with Crippen LogP contribution in [0.4, 0.5) is 4.79 Å². The topological polar surface area (TPSA) is 97.1 Å². The smallest absolute Gasteiger partial charge is 0.317 e. The quantitative estimate of drug-likeness (QED) is 0.378. The standard InChI is InChI=1S/C28H43N3O4S/c1-34-15-6-5-13-28(33,24-11-7-10-22-12-17-36-26(22)24)25-20-31(14-16-35-25)27(32)30-19-23(29)18-21-8-3-2-4-9-21/h7,10-12,17,21,23,25,33H,2-6,8-9,13-16,18-20,29H2,1H3,(H,30,32)/t23-,25?,28+/m0/s1. The van der Waals surface area contributed by atoms with Crippen LogP contribution < -0.4 is 11.1 Å². The van der Waals surface area contributed by atoms with Gasteiger partial charge in [-0.25, -0.2) is 4.79 Å². The molecule has 1 unspecified atom stereocenters. The third-order valence-electron chi connectivity index (χ3n) is 7.86. The van der Waals surface area contributed by atoms with E-state index in [1.165, 1.54) is 32.1 Å². The largest absolute Gasteiger partial charge is 0.385 e. The number of methoxy groups -OCH3 is 1. The lowest BCUT2D eigenvalue weighted by Gasteiger charge is -2.42. The maximum Gasteiger partial charge on any atom is 0.317 e. The van der Waals surface area contributed by atoms with E-state index in [0.29, 0.717) is 45.2 Å². The van der Waals surface area contributed by atoms with Crippen LogP contribution in [-0.2, 0) is 15.1 Å². The monoisotopic (exact) mass is 517 g/mol. The molecule has 1 aliphatic carbocycles. The number of morpholine rings is 1. The van der Waals surface area contributed by atoms with Gasteiger partial charge in [-0.05, 0) is 48.4 Å². The van der Waals surface area contributed by atoms with Gasteiger partial charge in [-0.2, -0.15) is 0 Å². The first-order valence-corrected chi connectivity index (χ1v) is 14.5. The fourth-order valence-electron chi connectivity index (χ4n) is 5.83. The number of fused-ring (bicyclic) bond motifs is 1. The van der Waals surface area contributed by atoms with Crippen molar-refractivity contribution in [2.24, 2.45) is 11.7 Å². The van der Waals surface area contributed by atoms with E-state index in [2.05, 4.69) is 22.8 Å². The molecule has 0 radical (unpaired) electrons. The number of rotatable bonds is 11. The Hall–Kier alpha value is -1.71. The number of carbonyl (C=O) groups is 1. The molecule has 1 aliphatic heterocycles. The second-order valence-electron chi connectivity index (χ2n) is 10.5. The Kier molecular flexibility index (Phi) is 10.0. The zero-order valence-corrected chi connectivity index (χ0v) is 22.4. The molecule has 1 saturated carbocycles. The lowest BCUT2D eigenvalue weighted by Crippen LogP contribution is -2.57. The summed E-state index contributed by atoms with van der Waals surface area (Å²) in [6.45, 7) is 2.37. The van der Waals surface area contributed by atoms with Crippen molar-refractivity contribution in [3.63, 3.8) is 0 Å². The summed E-state index contributed by atoms with van der Waals surface area (Å²) in [5.74, 6) is 0.687. The molecule has 200 valence electrons. The van der Waals surface area contributed by atoms with Gasteiger partial charge >= 0.3 is 6.03 Å². The Bertz CT molecular complexity index is 963. The Morgan fingerprint density at radius 2 is 2.14 bits per heavy atom. The highest BCUT2D eigenvalue weighted by Gasteiger charge is 2.43. The molecule has 2 aliphatic rings. The predicted octanol–water partition coefficient (Wildman–Crippen LogP) is 4.61. The molecule has 0 spiro atoms. The Balaban J connectivity index is 1.41. The van der Waals surface area contributed by atoms with Gasteiger partial charge in [0.2, 0.25) is 0 Å². The van der Waals surface area contributed by atoms with Crippen LogP contribution in [0, 0.1) is 5.92 Å². The highest BCUT2D eigenvalue weighted by molar-refractivity contribution is 7.17. The van der Waals surface area contributed by atoms with E-state index < -0.39 is 11.7 Å². The van der Waals surface area contributed by atoms with Crippen molar-refractivity contribution in [3.05, 3.63) is 35.2 Å². The average molecular weight is 518 g/mol. The van der Waals surface area contributed by atoms with Gasteiger partial charge in [-0.3, -0.25) is 0 Å². The van der Waals surface area contributed by atoms with Crippen LogP contribution in [0.25, 0.3) is 10.1 Å². The number of hydrogen-bond donors (Lipinski definition) is 3. The first-order valence-electron chi connectivity index (χ1n) is 13.6. The molecule has 2 heterocycles. The van der Waals surface area contributed by atoms with Crippen LogP contribution in [-0.4, -0.2) is 68.1 Å². The molecule has 4 N–H and O–H groups in total. The van der Waals surface area contributed by atoms with Crippen LogP contribution in [0.1, 0.15) is 63.4 Å². The first kappa shape index (κ1) is 27.3. The first-order chi connectivity index (χ1) is 17.5. The maximum atomic E-state index is 13.1. The number of amides is 2. The van der Waals surface area contributed by atoms with E-state index >= 15 is 0 Å². The van der Waals surface area contributed by atoms with Gasteiger partial charge in [0.15, 0.2) is 0 Å². The van der Waals surface area contributed by atoms with Gasteiger partial charge in [0.1, 0.15) is 11.7 Å². The molecule has 1 aromatic carbocycles. The van der Waals surface area contributed by atoms with Gasteiger partial charge < -0.3 is 30.5 Å². The van der Waals surface area contributed by atoms with E-state index in [1.807, 2.05) is 12.1 Å². The summed E-state index contributed by atoms with van der Waals surface area (Å²) in [5, 5.41) is 18.4. The molecular formula is C28H43N3O4S. The van der Waals surface area contributed by atoms with Gasteiger partial charge in [-0.15, -0.1) is 11.3 Å². The summed E-state index contributed by atoms with van der Waals surface area (Å²) in [4.78, 5) is 14.9. The van der Waals surface area contributed by atoms with Gasteiger partial charge in [0.25, 0.3) is 0 Å². The zero-order chi connectivity index (χ0) is 25.4. The molecule has 8 heteroatoms. The Morgan fingerprint density at radius 3 is 2.94 bits per heavy atom. The molecule has 0 bridgehead atoms. The van der Waals surface area contributed by atoms with E-state index in [1.54, 1.807) is 23.3 Å². The Labute approximate surface area is 219 Å². The number of nitrogens with two attached hydrogens (primary N) is 1. The molecule has 4 rings (SSSR count). The van der Waals surface area contributed by atoms with Crippen molar-refractivity contribution < 1.29 is 19.4 Å². The van der Waals surface area contributed by atoms with Gasteiger partial charge in [-0.1, -0.05) is 50.3 Å². The van der Waals surface area contributed by atoms with Crippen molar-refractivity contribution >= 4 is 27.5 Å². The normalized spacial score (nSPS) is 21.9. The molecule has 1 saturated heterocycles. The number of unbranched alkanes of at least 4 members (excludes halogenated alkanes) is 1. The van der Waals surface area contributed by atoms with Crippen LogP contribution in [0.2, 0.25) is 0 Å². The second kappa shape index (κ2) is 13.2. The molecule has 1 aromatic heterocycles. The lowest BCUT2D eigenvalue weighted by molar-refractivity contribution is -0.145. The highest BCUT2D eigenvalue weighted by atomic mass is 32.1. The number of ether oxygens (including phenoxy) is 2. The average Bonchev–Trinajstić information content (AvgIpc) is 3.39. The fourth-order valence-corrected chi connectivity index (χ4v) is 6.83. The summed E-state index contributed by atoms with van der Waals surface area (Å²) in [5.41, 5.74) is 6.05. The van der Waals surface area contributed by atoms with Crippen LogP contribution in [0.15, 0.2) is 29.6 Å². The molecule has 2 fully saturated rings. The molecule has 7 nitrogen and oxygen atoms in total. The van der Waals surface area contributed by atoms with Crippen molar-refractivity contribution in [1.29, 1.82) is 0 Å². The van der Waals surface area contributed by atoms with Crippen molar-refractivity contribution in [2.45, 2.75) is 75.5 Å². The second-order valence-corrected chi connectivity index (χ2v) is 11.4. The maximum absolute atomic E-state index is 13.1. The van der Waals surface area contributed by atoms with Crippen LogP contribution >= 0.6 is 11.3 Å². The number of nitrogens with zero attached hydrogens (tertiary/aromatic N) is 1. The van der Waals surface area contributed by atoms with Crippen LogP contribution in [0.3, 0.4) is 0 Å². The zero-order valence-electron chi connectivity index (χ0n) is 21.6. The van der Waals surface area contributed by atoms with E-state index in [4.69, 9.17) is 15.2 Å². The molecule has 2 amide bonds. The lowest BCUT2D eigenvalue weighted by atomic mass is 9.82. The van der Waals surface area contributed by atoms with E-state index in [0.717, 1.165) is 34.9 Å². The SMILES string of the molecule is COCCCC[C@@](O)(c1cccc2ccsc12)C1CN(C(=O)NC[C@@H](N)CC2CCCCC2)CCO1. The van der Waals surface area contributed by atoms with Crippen molar-refractivity contribution in [2.75, 3.05) is 40.0 Å². The van der Waals surface area contributed by atoms with E-state index in [9.17, 15) is 9.90 Å². The summed E-state index contributed by atoms with van der Waals surface area (Å²) >= 11 is 1.63. The van der Waals surface area contributed by atoms with Crippen molar-refractivity contribution in [3.8, 4) is 0 Å². The number of hydrogen-bond acceptors (Lipinski definition) is 6. The Morgan fingerprint density at radius 1 is 1.31 bits per heavy atom. The molecule has 3 atom stereocenters. The summed E-state index contributed by atoms with van der Waals surface area (Å²) in [6.07, 6.45) is 9.10. The number of carbonyl (C=O) groups excluding carboxylic acids is 1. The minimum atomic E-state index is -1.20. The highest BCUT2D eigenvalue weighted by Crippen LogP contribution is 2.40. The minimum Gasteiger partial charge on any atom is -0.385 e. The van der Waals surface area contributed by atoms with Gasteiger partial charge in [0, 0.05) is 43.1 Å². The molecule has 36 heavy (non-hydrogen) atoms. The third kappa shape index (κ3) is 6.78. The minimum absolute atomic E-state index is 0.0250. The number of benzene rings is 1. The predicted molar refractivity (Wildman–Crippen MR) is 145 cm³/mol. The summed E-state index contributed by atoms with van der Waals surface area (Å²) < 4.78 is 12.5. The number of thiophene rings is 1. The summed E-state index contributed by atoms with van der Waals surface area (Å²) in [7, 11) is 1.69. The van der Waals surface area contributed by atoms with Crippen molar-refractivity contribution in [1.82, 2.24) is 10.2 Å².